The molecule has 0 spiro atoms. The number of phenolic OH excluding ortho intramolecular Hbond substituents is 1. The van der Waals surface area contributed by atoms with Gasteiger partial charge in [0.25, 0.3) is 0 Å². The van der Waals surface area contributed by atoms with E-state index in [1.165, 1.54) is 24.3 Å². The number of rotatable bonds is 2. The maximum absolute atomic E-state index is 12.0. The lowest BCUT2D eigenvalue weighted by Gasteiger charge is -2.18. The van der Waals surface area contributed by atoms with Crippen molar-refractivity contribution in [2.75, 3.05) is 10.2 Å². The van der Waals surface area contributed by atoms with E-state index >= 15 is 0 Å². The number of amides is 3. The monoisotopic (exact) mass is 272 g/mol. The van der Waals surface area contributed by atoms with Crippen molar-refractivity contribution in [1.29, 1.82) is 0 Å². The van der Waals surface area contributed by atoms with Crippen LogP contribution in [-0.4, -0.2) is 22.3 Å². The van der Waals surface area contributed by atoms with E-state index in [1.807, 2.05) is 0 Å². The standard InChI is InChI=1S/C14H12N2O4/c17-12-9-5-4-8-11(12)16(14(19)20)13(18)15-10-6-2-1-3-7-10/h1-9,17H,(H,15,18)(H,19,20). The number of phenols is 1. The zero-order valence-electron chi connectivity index (χ0n) is 10.4. The maximum Gasteiger partial charge on any atom is 0.420 e. The molecule has 20 heavy (non-hydrogen) atoms. The van der Waals surface area contributed by atoms with Gasteiger partial charge in [-0.1, -0.05) is 30.3 Å². The third-order valence-electron chi connectivity index (χ3n) is 2.54. The summed E-state index contributed by atoms with van der Waals surface area (Å²) in [6.45, 7) is 0. The van der Waals surface area contributed by atoms with Gasteiger partial charge < -0.3 is 15.5 Å². The van der Waals surface area contributed by atoms with Crippen molar-refractivity contribution in [3.63, 3.8) is 0 Å². The van der Waals surface area contributed by atoms with E-state index in [2.05, 4.69) is 5.32 Å². The fourth-order valence-corrected chi connectivity index (χ4v) is 1.65. The molecule has 0 aromatic heterocycles. The number of hydrogen-bond donors (Lipinski definition) is 3. The van der Waals surface area contributed by atoms with Gasteiger partial charge in [0.2, 0.25) is 0 Å². The minimum absolute atomic E-state index is 0.103. The number of aromatic hydroxyl groups is 1. The van der Waals surface area contributed by atoms with Gasteiger partial charge in [-0.3, -0.25) is 0 Å². The van der Waals surface area contributed by atoms with Crippen molar-refractivity contribution in [3.05, 3.63) is 54.6 Å². The van der Waals surface area contributed by atoms with Gasteiger partial charge in [-0.2, -0.15) is 4.90 Å². The average molecular weight is 272 g/mol. The van der Waals surface area contributed by atoms with Crippen LogP contribution >= 0.6 is 0 Å². The van der Waals surface area contributed by atoms with Crippen LogP contribution in [0.2, 0.25) is 0 Å². The molecule has 0 aliphatic rings. The van der Waals surface area contributed by atoms with Crippen LogP contribution in [0.25, 0.3) is 0 Å². The smallest absolute Gasteiger partial charge is 0.420 e. The fraction of sp³-hybridized carbons (Fsp3) is 0. The van der Waals surface area contributed by atoms with Gasteiger partial charge in [0.15, 0.2) is 0 Å². The van der Waals surface area contributed by atoms with Crippen molar-refractivity contribution >= 4 is 23.5 Å². The molecule has 0 unspecified atom stereocenters. The lowest BCUT2D eigenvalue weighted by molar-refractivity contribution is 0.201. The summed E-state index contributed by atoms with van der Waals surface area (Å²) in [4.78, 5) is 23.7. The highest BCUT2D eigenvalue weighted by molar-refractivity contribution is 6.16. The van der Waals surface area contributed by atoms with E-state index in [4.69, 9.17) is 5.11 Å². The number of carbonyl (C=O) groups is 2. The third-order valence-corrected chi connectivity index (χ3v) is 2.54. The van der Waals surface area contributed by atoms with Crippen LogP contribution in [0.1, 0.15) is 0 Å². The predicted molar refractivity (Wildman–Crippen MR) is 74.1 cm³/mol. The summed E-state index contributed by atoms with van der Waals surface area (Å²) in [5.74, 6) is -0.293. The number of carbonyl (C=O) groups excluding carboxylic acids is 1. The Kier molecular flexibility index (Phi) is 3.85. The minimum atomic E-state index is -1.49. The first-order valence-corrected chi connectivity index (χ1v) is 5.76. The molecule has 2 aromatic carbocycles. The Morgan fingerprint density at radius 3 is 2.15 bits per heavy atom. The maximum atomic E-state index is 12.0. The van der Waals surface area contributed by atoms with Crippen molar-refractivity contribution in [2.24, 2.45) is 0 Å². The van der Waals surface area contributed by atoms with Crippen molar-refractivity contribution in [2.45, 2.75) is 0 Å². The van der Waals surface area contributed by atoms with E-state index < -0.39 is 12.1 Å². The molecule has 0 saturated carbocycles. The molecule has 3 amide bonds. The van der Waals surface area contributed by atoms with Crippen LogP contribution in [0.15, 0.2) is 54.6 Å². The van der Waals surface area contributed by atoms with Gasteiger partial charge in [-0.05, 0) is 24.3 Å². The predicted octanol–water partition coefficient (Wildman–Crippen LogP) is 3.11. The summed E-state index contributed by atoms with van der Waals surface area (Å²) in [7, 11) is 0. The highest BCUT2D eigenvalue weighted by Crippen LogP contribution is 2.27. The summed E-state index contributed by atoms with van der Waals surface area (Å²) in [5.41, 5.74) is 0.354. The first kappa shape index (κ1) is 13.4. The molecule has 0 aliphatic heterocycles. The zero-order chi connectivity index (χ0) is 14.5. The van der Waals surface area contributed by atoms with Crippen LogP contribution in [0.4, 0.5) is 21.0 Å². The van der Waals surface area contributed by atoms with Gasteiger partial charge in [-0.25, -0.2) is 9.59 Å². The Balaban J connectivity index is 2.28. The van der Waals surface area contributed by atoms with E-state index in [0.717, 1.165) is 0 Å². The molecule has 2 aromatic rings. The summed E-state index contributed by atoms with van der Waals surface area (Å²) >= 11 is 0. The van der Waals surface area contributed by atoms with Crippen LogP contribution in [0.3, 0.4) is 0 Å². The third kappa shape index (κ3) is 2.86. The lowest BCUT2D eigenvalue weighted by Crippen LogP contribution is -2.39. The Morgan fingerprint density at radius 2 is 1.55 bits per heavy atom. The van der Waals surface area contributed by atoms with E-state index in [1.54, 1.807) is 30.3 Å². The molecule has 6 nitrogen and oxygen atoms in total. The Hall–Kier alpha value is -3.02. The first-order chi connectivity index (χ1) is 9.59. The van der Waals surface area contributed by atoms with Crippen LogP contribution in [-0.2, 0) is 0 Å². The number of nitrogens with one attached hydrogen (secondary N) is 1. The Morgan fingerprint density at radius 1 is 0.950 bits per heavy atom. The van der Waals surface area contributed by atoms with Gasteiger partial charge >= 0.3 is 12.1 Å². The second-order valence-corrected chi connectivity index (χ2v) is 3.90. The van der Waals surface area contributed by atoms with E-state index in [9.17, 15) is 14.7 Å². The quantitative estimate of drug-likeness (QED) is 0.783. The lowest BCUT2D eigenvalue weighted by atomic mass is 10.2. The number of anilines is 2. The second kappa shape index (κ2) is 5.75. The summed E-state index contributed by atoms with van der Waals surface area (Å²) in [6, 6.07) is 13.3. The largest absolute Gasteiger partial charge is 0.506 e. The molecule has 0 saturated heterocycles. The number of nitrogens with zero attached hydrogens (tertiary/aromatic N) is 1. The molecule has 2 rings (SSSR count). The average Bonchev–Trinajstić information content (AvgIpc) is 2.42. The molecule has 6 heteroatoms. The Bertz CT molecular complexity index is 628. The normalized spacial score (nSPS) is 9.80. The molecular formula is C14H12N2O4. The topological polar surface area (TPSA) is 89.9 Å². The summed E-state index contributed by atoms with van der Waals surface area (Å²) in [6.07, 6.45) is -1.49. The molecule has 0 heterocycles. The van der Waals surface area contributed by atoms with Gasteiger partial charge in [-0.15, -0.1) is 0 Å². The van der Waals surface area contributed by atoms with Gasteiger partial charge in [0, 0.05) is 5.69 Å². The number of benzene rings is 2. The van der Waals surface area contributed by atoms with Crippen molar-refractivity contribution < 1.29 is 19.8 Å². The molecular weight excluding hydrogens is 260 g/mol. The highest BCUT2D eigenvalue weighted by Gasteiger charge is 2.25. The molecule has 102 valence electrons. The summed E-state index contributed by atoms with van der Waals surface area (Å²) in [5, 5.41) is 21.3. The number of carboxylic acid groups (broad SMARTS) is 1. The zero-order valence-corrected chi connectivity index (χ0v) is 10.4. The van der Waals surface area contributed by atoms with Gasteiger partial charge in [0.1, 0.15) is 5.75 Å². The van der Waals surface area contributed by atoms with Gasteiger partial charge in [0.05, 0.1) is 5.69 Å². The van der Waals surface area contributed by atoms with Crippen LogP contribution < -0.4 is 10.2 Å². The van der Waals surface area contributed by atoms with Crippen LogP contribution in [0.5, 0.6) is 5.75 Å². The van der Waals surface area contributed by atoms with Crippen molar-refractivity contribution in [1.82, 2.24) is 0 Å². The van der Waals surface area contributed by atoms with Crippen LogP contribution in [0, 0.1) is 0 Å². The van der Waals surface area contributed by atoms with E-state index in [0.29, 0.717) is 10.6 Å². The Labute approximate surface area is 114 Å². The molecule has 0 fully saturated rings. The molecule has 0 atom stereocenters. The highest BCUT2D eigenvalue weighted by atomic mass is 16.4. The number of urea groups is 1. The molecule has 0 radical (unpaired) electrons. The fourth-order valence-electron chi connectivity index (χ4n) is 1.65. The number of para-hydroxylation sites is 3. The summed E-state index contributed by atoms with van der Waals surface area (Å²) < 4.78 is 0. The van der Waals surface area contributed by atoms with E-state index in [-0.39, 0.29) is 11.4 Å². The number of imide groups is 1. The first-order valence-electron chi connectivity index (χ1n) is 5.76. The van der Waals surface area contributed by atoms with Crippen molar-refractivity contribution in [3.8, 4) is 5.75 Å². The molecule has 0 aliphatic carbocycles. The number of hydrogen-bond acceptors (Lipinski definition) is 3. The molecule has 0 bridgehead atoms. The second-order valence-electron chi connectivity index (χ2n) is 3.90. The minimum Gasteiger partial charge on any atom is -0.506 e. The SMILES string of the molecule is O=C(O)N(C(=O)Nc1ccccc1)c1ccccc1O. The molecule has 3 N–H and O–H groups in total.